The first kappa shape index (κ1) is 13.5. The van der Waals surface area contributed by atoms with Crippen LogP contribution in [0.2, 0.25) is 0 Å². The highest BCUT2D eigenvalue weighted by molar-refractivity contribution is 7.09. The van der Waals surface area contributed by atoms with E-state index in [9.17, 15) is 4.79 Å². The maximum Gasteiger partial charge on any atom is 0.255 e. The van der Waals surface area contributed by atoms with Gasteiger partial charge >= 0.3 is 0 Å². The molecule has 2 heterocycles. The Labute approximate surface area is 116 Å². The highest BCUT2D eigenvalue weighted by atomic mass is 32.1. The van der Waals surface area contributed by atoms with Crippen LogP contribution in [0.5, 0.6) is 0 Å². The molecule has 0 aliphatic rings. The predicted molar refractivity (Wildman–Crippen MR) is 76.4 cm³/mol. The molecule has 0 atom stereocenters. The quantitative estimate of drug-likeness (QED) is 0.929. The van der Waals surface area contributed by atoms with E-state index >= 15 is 0 Å². The van der Waals surface area contributed by atoms with Gasteiger partial charge in [-0.15, -0.1) is 11.3 Å². The second kappa shape index (κ2) is 5.79. The number of carbonyl (C=O) groups is 1. The molecule has 0 spiro atoms. The van der Waals surface area contributed by atoms with Gasteiger partial charge in [0.2, 0.25) is 0 Å². The second-order valence-corrected chi connectivity index (χ2v) is 5.14. The lowest BCUT2D eigenvalue weighted by molar-refractivity contribution is 0.0786. The number of hydrogen-bond acceptors (Lipinski definition) is 5. The second-order valence-electron chi connectivity index (χ2n) is 4.20. The van der Waals surface area contributed by atoms with Gasteiger partial charge in [-0.05, 0) is 19.1 Å². The van der Waals surface area contributed by atoms with Crippen LogP contribution in [0.1, 0.15) is 20.9 Å². The summed E-state index contributed by atoms with van der Waals surface area (Å²) in [6.07, 6.45) is 1.59. The molecule has 2 aromatic heterocycles. The average molecular weight is 276 g/mol. The number of hydrogen-bond donors (Lipinski definition) is 1. The van der Waals surface area contributed by atoms with Crippen molar-refractivity contribution in [2.24, 2.45) is 0 Å². The number of amides is 1. The Hall–Kier alpha value is -1.95. The number of rotatable bonds is 4. The zero-order valence-corrected chi connectivity index (χ0v) is 12.0. The molecule has 0 unspecified atom stereocenters. The van der Waals surface area contributed by atoms with E-state index in [0.29, 0.717) is 12.1 Å². The van der Waals surface area contributed by atoms with Gasteiger partial charge in [0, 0.05) is 25.2 Å². The molecule has 1 N–H and O–H groups in total. The van der Waals surface area contributed by atoms with E-state index in [4.69, 9.17) is 0 Å². The van der Waals surface area contributed by atoms with E-state index in [2.05, 4.69) is 15.3 Å². The van der Waals surface area contributed by atoms with E-state index in [1.165, 1.54) is 0 Å². The molecule has 0 aliphatic carbocycles. The van der Waals surface area contributed by atoms with Crippen LogP contribution < -0.4 is 5.32 Å². The Kier molecular flexibility index (Phi) is 4.11. The lowest BCUT2D eigenvalue weighted by atomic mass is 10.2. The zero-order valence-electron chi connectivity index (χ0n) is 11.2. The molecule has 0 saturated carbocycles. The van der Waals surface area contributed by atoms with Gasteiger partial charge in [-0.25, -0.2) is 9.97 Å². The Bertz CT molecular complexity index is 564. The van der Waals surface area contributed by atoms with Crippen LogP contribution >= 0.6 is 11.3 Å². The van der Waals surface area contributed by atoms with Crippen molar-refractivity contribution in [2.45, 2.75) is 13.5 Å². The number of thiazole rings is 1. The minimum Gasteiger partial charge on any atom is -0.373 e. The maximum atomic E-state index is 12.2. The Morgan fingerprint density at radius 2 is 2.21 bits per heavy atom. The van der Waals surface area contributed by atoms with Gasteiger partial charge < -0.3 is 10.2 Å². The summed E-state index contributed by atoms with van der Waals surface area (Å²) in [6, 6.07) is 3.57. The molecule has 0 aliphatic heterocycles. The summed E-state index contributed by atoms with van der Waals surface area (Å²) in [5.74, 6) is 0.709. The summed E-state index contributed by atoms with van der Waals surface area (Å²) < 4.78 is 0. The van der Waals surface area contributed by atoms with Crippen LogP contribution in [0.3, 0.4) is 0 Å². The van der Waals surface area contributed by atoms with Crippen molar-refractivity contribution in [1.29, 1.82) is 0 Å². The van der Waals surface area contributed by atoms with Crippen LogP contribution in [0, 0.1) is 6.92 Å². The van der Waals surface area contributed by atoms with Crippen molar-refractivity contribution in [3.8, 4) is 0 Å². The summed E-state index contributed by atoms with van der Waals surface area (Å²) in [7, 11) is 3.58. The molecule has 6 heteroatoms. The van der Waals surface area contributed by atoms with E-state index in [0.717, 1.165) is 16.4 Å². The van der Waals surface area contributed by atoms with Crippen LogP contribution in [0.4, 0.5) is 5.82 Å². The number of anilines is 1. The number of nitrogens with zero attached hydrogens (tertiary/aromatic N) is 3. The van der Waals surface area contributed by atoms with Crippen molar-refractivity contribution in [3.05, 3.63) is 40.0 Å². The highest BCUT2D eigenvalue weighted by Crippen LogP contribution is 2.15. The molecule has 0 saturated heterocycles. The first-order valence-corrected chi connectivity index (χ1v) is 6.78. The third kappa shape index (κ3) is 3.08. The van der Waals surface area contributed by atoms with Gasteiger partial charge in [-0.3, -0.25) is 4.79 Å². The number of aryl methyl sites for hydroxylation is 1. The molecule has 0 radical (unpaired) electrons. The smallest absolute Gasteiger partial charge is 0.255 e. The van der Waals surface area contributed by atoms with E-state index in [1.54, 1.807) is 54.2 Å². The molecule has 0 aromatic carbocycles. The van der Waals surface area contributed by atoms with E-state index in [-0.39, 0.29) is 5.91 Å². The highest BCUT2D eigenvalue weighted by Gasteiger charge is 2.14. The summed E-state index contributed by atoms with van der Waals surface area (Å²) in [5.41, 5.74) is 3.36. The minimum absolute atomic E-state index is 0.0389. The fraction of sp³-hybridized carbons (Fsp3) is 0.308. The predicted octanol–water partition coefficient (Wildman–Crippen LogP) is 2.16. The third-order valence-corrected chi connectivity index (χ3v) is 3.76. The molecule has 1 amide bonds. The summed E-state index contributed by atoms with van der Waals surface area (Å²) in [5, 5.41) is 2.92. The standard InChI is InChI=1S/C13H16N4OS/c1-9-11(19-8-16-9)7-17(3)13(18)10-4-5-12(14-2)15-6-10/h4-6,8H,7H2,1-3H3,(H,14,15). The number of carbonyl (C=O) groups excluding carboxylic acids is 1. The molecular formula is C13H16N4OS. The molecule has 2 rings (SSSR count). The number of nitrogens with one attached hydrogen (secondary N) is 1. The fourth-order valence-corrected chi connectivity index (χ4v) is 2.48. The van der Waals surface area contributed by atoms with Crippen LogP contribution in [0.25, 0.3) is 0 Å². The molecular weight excluding hydrogens is 260 g/mol. The van der Waals surface area contributed by atoms with Crippen molar-refractivity contribution in [1.82, 2.24) is 14.9 Å². The molecule has 19 heavy (non-hydrogen) atoms. The van der Waals surface area contributed by atoms with Crippen molar-refractivity contribution >= 4 is 23.1 Å². The number of pyridine rings is 1. The first-order valence-electron chi connectivity index (χ1n) is 5.90. The van der Waals surface area contributed by atoms with E-state index in [1.807, 2.05) is 6.92 Å². The fourth-order valence-electron chi connectivity index (χ4n) is 1.65. The summed E-state index contributed by atoms with van der Waals surface area (Å²) in [4.78, 5) is 23.3. The SMILES string of the molecule is CNc1ccc(C(=O)N(C)Cc2scnc2C)cn1. The normalized spacial score (nSPS) is 10.3. The van der Waals surface area contributed by atoms with Crippen LogP contribution in [-0.2, 0) is 6.54 Å². The van der Waals surface area contributed by atoms with Gasteiger partial charge in [0.1, 0.15) is 5.82 Å². The minimum atomic E-state index is -0.0389. The van der Waals surface area contributed by atoms with E-state index < -0.39 is 0 Å². The maximum absolute atomic E-state index is 12.2. The molecule has 5 nitrogen and oxygen atoms in total. The zero-order chi connectivity index (χ0) is 13.8. The summed E-state index contributed by atoms with van der Waals surface area (Å²) >= 11 is 1.57. The van der Waals surface area contributed by atoms with Gasteiger partial charge in [0.05, 0.1) is 23.3 Å². The molecule has 0 fully saturated rings. The third-order valence-electron chi connectivity index (χ3n) is 2.84. The Balaban J connectivity index is 2.08. The lowest BCUT2D eigenvalue weighted by Gasteiger charge is -2.16. The largest absolute Gasteiger partial charge is 0.373 e. The van der Waals surface area contributed by atoms with Gasteiger partial charge in [0.15, 0.2) is 0 Å². The van der Waals surface area contributed by atoms with Gasteiger partial charge in [-0.2, -0.15) is 0 Å². The van der Waals surface area contributed by atoms with Gasteiger partial charge in [0.25, 0.3) is 5.91 Å². The molecule has 100 valence electrons. The van der Waals surface area contributed by atoms with Crippen molar-refractivity contribution < 1.29 is 4.79 Å². The molecule has 2 aromatic rings. The van der Waals surface area contributed by atoms with Crippen molar-refractivity contribution in [2.75, 3.05) is 19.4 Å². The number of aromatic nitrogens is 2. The Morgan fingerprint density at radius 1 is 1.42 bits per heavy atom. The van der Waals surface area contributed by atoms with Crippen LogP contribution in [-0.4, -0.2) is 34.9 Å². The Morgan fingerprint density at radius 3 is 2.74 bits per heavy atom. The monoisotopic (exact) mass is 276 g/mol. The average Bonchev–Trinajstić information content (AvgIpc) is 2.83. The summed E-state index contributed by atoms with van der Waals surface area (Å²) in [6.45, 7) is 2.52. The molecule has 0 bridgehead atoms. The topological polar surface area (TPSA) is 58.1 Å². The lowest BCUT2D eigenvalue weighted by Crippen LogP contribution is -2.26. The van der Waals surface area contributed by atoms with Crippen LogP contribution in [0.15, 0.2) is 23.8 Å². The first-order chi connectivity index (χ1) is 9.11. The van der Waals surface area contributed by atoms with Crippen molar-refractivity contribution in [3.63, 3.8) is 0 Å². The van der Waals surface area contributed by atoms with Gasteiger partial charge in [-0.1, -0.05) is 0 Å².